The summed E-state index contributed by atoms with van der Waals surface area (Å²) in [5.74, 6) is 0.381. The van der Waals surface area contributed by atoms with Gasteiger partial charge >= 0.3 is 0 Å². The fourth-order valence-corrected chi connectivity index (χ4v) is 5.20. The molecule has 1 aromatic carbocycles. The summed E-state index contributed by atoms with van der Waals surface area (Å²) < 4.78 is 0.937. The van der Waals surface area contributed by atoms with Gasteiger partial charge < -0.3 is 15.5 Å². The van der Waals surface area contributed by atoms with Crippen molar-refractivity contribution in [2.75, 3.05) is 25.0 Å². The second kappa shape index (κ2) is 7.57. The zero-order valence-electron chi connectivity index (χ0n) is 15.9. The number of hydrogen-bond acceptors (Lipinski definition) is 5. The normalized spacial score (nSPS) is 23.1. The number of fused-ring (bicyclic) bond motifs is 3. The average Bonchev–Trinajstić information content (AvgIpc) is 3.30. The maximum atomic E-state index is 12.8. The summed E-state index contributed by atoms with van der Waals surface area (Å²) >= 11 is 1.50. The quantitative estimate of drug-likeness (QED) is 0.697. The molecule has 2 amide bonds. The Hall–Kier alpha value is -2.77. The summed E-state index contributed by atoms with van der Waals surface area (Å²) in [6.07, 6.45) is 3.98. The highest BCUT2D eigenvalue weighted by molar-refractivity contribution is 7.17. The van der Waals surface area contributed by atoms with Gasteiger partial charge in [-0.15, -0.1) is 11.3 Å². The first-order valence-corrected chi connectivity index (χ1v) is 10.8. The highest BCUT2D eigenvalue weighted by Gasteiger charge is 2.33. The molecular formula is C22H22N4O2S. The maximum absolute atomic E-state index is 12.8. The lowest BCUT2D eigenvalue weighted by Crippen LogP contribution is -2.47. The Labute approximate surface area is 172 Å². The highest BCUT2D eigenvalue weighted by atomic mass is 32.1. The van der Waals surface area contributed by atoms with Crippen molar-refractivity contribution < 1.29 is 9.59 Å². The molecule has 3 aromatic rings. The molecule has 148 valence electrons. The Kier molecular flexibility index (Phi) is 4.77. The molecule has 1 unspecified atom stereocenters. The highest BCUT2D eigenvalue weighted by Crippen LogP contribution is 2.31. The van der Waals surface area contributed by atoms with Crippen molar-refractivity contribution in [3.63, 3.8) is 0 Å². The molecule has 0 radical (unpaired) electrons. The number of hydrogen-bond donors (Lipinski definition) is 2. The maximum Gasteiger partial charge on any atom is 0.270 e. The van der Waals surface area contributed by atoms with Crippen molar-refractivity contribution in [3.8, 4) is 0 Å². The van der Waals surface area contributed by atoms with E-state index in [2.05, 4.69) is 20.5 Å². The number of piperidine rings is 1. The molecule has 2 fully saturated rings. The fraction of sp³-hybridized carbons (Fsp3) is 0.318. The van der Waals surface area contributed by atoms with Gasteiger partial charge in [0.1, 0.15) is 5.69 Å². The Morgan fingerprint density at radius 3 is 2.83 bits per heavy atom. The molecule has 2 aromatic heterocycles. The molecule has 7 heteroatoms. The van der Waals surface area contributed by atoms with Crippen LogP contribution >= 0.6 is 11.3 Å². The summed E-state index contributed by atoms with van der Waals surface area (Å²) in [6.45, 7) is 3.22. The van der Waals surface area contributed by atoms with Crippen LogP contribution < -0.4 is 10.6 Å². The van der Waals surface area contributed by atoms with Gasteiger partial charge in [0, 0.05) is 41.7 Å². The molecule has 3 atom stereocenters. The first kappa shape index (κ1) is 18.3. The smallest absolute Gasteiger partial charge is 0.270 e. The zero-order chi connectivity index (χ0) is 19.8. The van der Waals surface area contributed by atoms with Crippen LogP contribution in [0.1, 0.15) is 33.7 Å². The van der Waals surface area contributed by atoms with Crippen molar-refractivity contribution in [3.05, 3.63) is 59.2 Å². The number of amides is 2. The minimum Gasteiger partial charge on any atom is -0.347 e. The van der Waals surface area contributed by atoms with Crippen LogP contribution in [0.15, 0.2) is 48.0 Å². The fourth-order valence-electron chi connectivity index (χ4n) is 4.36. The third-order valence-corrected chi connectivity index (χ3v) is 6.71. The summed E-state index contributed by atoms with van der Waals surface area (Å²) in [5.41, 5.74) is 1.69. The van der Waals surface area contributed by atoms with Crippen LogP contribution in [0.25, 0.3) is 10.1 Å². The van der Waals surface area contributed by atoms with E-state index in [9.17, 15) is 9.59 Å². The number of pyridine rings is 1. The summed E-state index contributed by atoms with van der Waals surface area (Å²) in [4.78, 5) is 32.1. The van der Waals surface area contributed by atoms with Gasteiger partial charge in [0.2, 0.25) is 0 Å². The average molecular weight is 407 g/mol. The van der Waals surface area contributed by atoms with Crippen molar-refractivity contribution in [1.29, 1.82) is 0 Å². The first-order valence-electron chi connectivity index (χ1n) is 9.92. The molecule has 2 N–H and O–H groups in total. The molecule has 0 spiro atoms. The number of carbonyl (C=O) groups excluding carboxylic acids is 2. The number of carbonyl (C=O) groups is 2. The topological polar surface area (TPSA) is 74.3 Å². The number of benzene rings is 1. The van der Waals surface area contributed by atoms with E-state index in [1.54, 1.807) is 24.4 Å². The zero-order valence-corrected chi connectivity index (χ0v) is 16.7. The molecule has 0 aliphatic carbocycles. The molecule has 0 saturated carbocycles. The largest absolute Gasteiger partial charge is 0.347 e. The van der Waals surface area contributed by atoms with E-state index in [0.717, 1.165) is 36.1 Å². The number of nitrogens with zero attached hydrogens (tertiary/aromatic N) is 2. The van der Waals surface area contributed by atoms with E-state index in [1.807, 2.05) is 23.6 Å². The Morgan fingerprint density at radius 1 is 1.14 bits per heavy atom. The Balaban J connectivity index is 1.33. The Bertz CT molecular complexity index is 1050. The third-order valence-electron chi connectivity index (χ3n) is 5.78. The third kappa shape index (κ3) is 3.75. The van der Waals surface area contributed by atoms with Gasteiger partial charge in [0.15, 0.2) is 0 Å². The van der Waals surface area contributed by atoms with Crippen LogP contribution in [0, 0.1) is 5.92 Å². The molecule has 2 aliphatic heterocycles. The summed E-state index contributed by atoms with van der Waals surface area (Å²) in [5, 5.41) is 8.84. The van der Waals surface area contributed by atoms with Gasteiger partial charge in [-0.3, -0.25) is 9.59 Å². The van der Waals surface area contributed by atoms with Crippen molar-refractivity contribution in [2.45, 2.75) is 18.9 Å². The number of aromatic nitrogens is 1. The van der Waals surface area contributed by atoms with Crippen LogP contribution in [-0.4, -0.2) is 47.4 Å². The number of rotatable bonds is 4. The molecular weight excluding hydrogens is 384 g/mol. The van der Waals surface area contributed by atoms with E-state index in [0.29, 0.717) is 22.9 Å². The van der Waals surface area contributed by atoms with Crippen molar-refractivity contribution in [1.82, 2.24) is 15.2 Å². The van der Waals surface area contributed by atoms with Crippen LogP contribution in [-0.2, 0) is 0 Å². The second-order valence-electron chi connectivity index (χ2n) is 7.86. The van der Waals surface area contributed by atoms with Gasteiger partial charge in [-0.05, 0) is 43.5 Å². The van der Waals surface area contributed by atoms with Crippen LogP contribution in [0.3, 0.4) is 0 Å². The van der Waals surface area contributed by atoms with Gasteiger partial charge in [-0.1, -0.05) is 18.2 Å². The van der Waals surface area contributed by atoms with Gasteiger partial charge in [0.05, 0.1) is 10.4 Å². The number of nitrogens with one attached hydrogen (secondary N) is 2. The summed E-state index contributed by atoms with van der Waals surface area (Å²) in [6, 6.07) is 11.1. The van der Waals surface area contributed by atoms with E-state index in [-0.39, 0.29) is 17.9 Å². The van der Waals surface area contributed by atoms with Gasteiger partial charge in [-0.2, -0.15) is 0 Å². The number of anilines is 1. The molecule has 4 heterocycles. The van der Waals surface area contributed by atoms with E-state index >= 15 is 0 Å². The molecule has 5 rings (SSSR count). The lowest BCUT2D eigenvalue weighted by atomic mass is 9.97. The molecule has 29 heavy (non-hydrogen) atoms. The van der Waals surface area contributed by atoms with E-state index in [4.69, 9.17) is 0 Å². The van der Waals surface area contributed by atoms with E-state index in [1.165, 1.54) is 17.8 Å². The first-order chi connectivity index (χ1) is 14.2. The van der Waals surface area contributed by atoms with Crippen molar-refractivity contribution >= 4 is 38.9 Å². The molecule has 2 bridgehead atoms. The number of thiophene rings is 1. The minimum absolute atomic E-state index is 0.147. The lowest BCUT2D eigenvalue weighted by Gasteiger charge is -2.30. The van der Waals surface area contributed by atoms with Gasteiger partial charge in [-0.25, -0.2) is 4.98 Å². The van der Waals surface area contributed by atoms with Crippen LogP contribution in [0.4, 0.5) is 5.69 Å². The standard InChI is InChI=1S/C22H22N4O2S/c27-21(15-4-2-1-3-5-15)25-19-13-29-20-10-23-18(9-17(19)20)22(28)24-16-8-14-6-7-26(11-14)12-16/h1-5,9-10,13-14,16H,6-8,11-12H2,(H,24,28)(H,25,27)/t14-,16+/m0/s1. The van der Waals surface area contributed by atoms with Crippen LogP contribution in [0.5, 0.6) is 0 Å². The predicted molar refractivity (Wildman–Crippen MR) is 114 cm³/mol. The van der Waals surface area contributed by atoms with E-state index < -0.39 is 0 Å². The molecule has 2 saturated heterocycles. The van der Waals surface area contributed by atoms with Crippen molar-refractivity contribution in [2.24, 2.45) is 5.92 Å². The Morgan fingerprint density at radius 2 is 2.00 bits per heavy atom. The van der Waals surface area contributed by atoms with Crippen LogP contribution in [0.2, 0.25) is 0 Å². The SMILES string of the molecule is O=C(Nc1csc2cnc(C(=O)N[C@@H]3C[C@@H]4CCN(C4)C3)cc12)c1ccccc1. The minimum atomic E-state index is -0.167. The summed E-state index contributed by atoms with van der Waals surface area (Å²) in [7, 11) is 0. The second-order valence-corrected chi connectivity index (χ2v) is 8.77. The molecule has 6 nitrogen and oxygen atoms in total. The molecule has 2 aliphatic rings. The lowest BCUT2D eigenvalue weighted by molar-refractivity contribution is 0.0904. The monoisotopic (exact) mass is 406 g/mol. The predicted octanol–water partition coefficient (Wildman–Crippen LogP) is 3.37. The van der Waals surface area contributed by atoms with Gasteiger partial charge in [0.25, 0.3) is 11.8 Å².